The highest BCUT2D eigenvalue weighted by atomic mass is 79.9. The zero-order chi connectivity index (χ0) is 28.2. The minimum absolute atomic E-state index is 0. The number of nitrogens with two attached hydrogens (primary N) is 1. The van der Waals surface area contributed by atoms with Crippen molar-refractivity contribution >= 4 is 57.6 Å². The van der Waals surface area contributed by atoms with Gasteiger partial charge in [0.15, 0.2) is 0 Å². The molecule has 0 radical (unpaired) electrons. The largest absolute Gasteiger partial charge is 0.464 e. The maximum absolute atomic E-state index is 12.0. The highest BCUT2D eigenvalue weighted by molar-refractivity contribution is 8.93. The van der Waals surface area contributed by atoms with Gasteiger partial charge < -0.3 is 30.7 Å². The average molecular weight is 650 g/mol. The molecule has 2 atom stereocenters. The van der Waals surface area contributed by atoms with Crippen LogP contribution in [0.15, 0.2) is 10.8 Å². The first-order valence-corrected chi connectivity index (χ1v) is 14.4. The van der Waals surface area contributed by atoms with Crippen LogP contribution in [0.2, 0.25) is 0 Å². The van der Waals surface area contributed by atoms with E-state index in [2.05, 4.69) is 58.4 Å². The monoisotopic (exact) mass is 648 g/mol. The molecule has 2 saturated heterocycles. The van der Waals surface area contributed by atoms with Crippen LogP contribution in [0, 0.1) is 0 Å². The Balaban J connectivity index is 0.000000335. The van der Waals surface area contributed by atoms with E-state index < -0.39 is 6.04 Å². The summed E-state index contributed by atoms with van der Waals surface area (Å²) in [5, 5.41) is 12.1. The first kappa shape index (κ1) is 34.9. The summed E-state index contributed by atoms with van der Waals surface area (Å²) in [5.41, 5.74) is 7.22. The van der Waals surface area contributed by atoms with Crippen molar-refractivity contribution in [3.05, 3.63) is 32.2 Å². The van der Waals surface area contributed by atoms with E-state index >= 15 is 0 Å². The van der Waals surface area contributed by atoms with Crippen LogP contribution in [0.1, 0.15) is 73.8 Å². The molecule has 0 bridgehead atoms. The Morgan fingerprint density at radius 1 is 1.03 bits per heavy atom. The molecule has 0 aliphatic carbocycles. The van der Waals surface area contributed by atoms with Crippen LogP contribution in [0.3, 0.4) is 0 Å². The number of nitrogens with zero attached hydrogens (tertiary/aromatic N) is 3. The van der Waals surface area contributed by atoms with E-state index in [1.54, 1.807) is 29.7 Å². The molecule has 220 valence electrons. The van der Waals surface area contributed by atoms with E-state index in [4.69, 9.17) is 10.5 Å². The first-order valence-electron chi connectivity index (χ1n) is 12.6. The molecular weight excluding hydrogens is 608 g/mol. The third-order valence-corrected chi connectivity index (χ3v) is 7.83. The molecule has 2 amide bonds. The summed E-state index contributed by atoms with van der Waals surface area (Å²) in [6, 6.07) is -1.15. The van der Waals surface area contributed by atoms with E-state index in [0.717, 1.165) is 22.9 Å². The van der Waals surface area contributed by atoms with Crippen LogP contribution in [0.4, 0.5) is 4.79 Å². The number of urea groups is 1. The van der Waals surface area contributed by atoms with E-state index in [9.17, 15) is 14.4 Å². The second-order valence-electron chi connectivity index (χ2n) is 9.57. The van der Waals surface area contributed by atoms with Gasteiger partial charge >= 0.3 is 18.0 Å². The van der Waals surface area contributed by atoms with Gasteiger partial charge in [-0.3, -0.25) is 4.79 Å². The minimum atomic E-state index is -0.522. The molecule has 2 aliphatic rings. The lowest BCUT2D eigenvalue weighted by atomic mass is 10.2. The number of hydrogen-bond donors (Lipinski definition) is 3. The maximum Gasteiger partial charge on any atom is 0.328 e. The minimum Gasteiger partial charge on any atom is -0.464 e. The number of ether oxygens (including phenoxy) is 2. The highest BCUT2D eigenvalue weighted by Gasteiger charge is 2.29. The van der Waals surface area contributed by atoms with Gasteiger partial charge in [-0.25, -0.2) is 19.6 Å². The standard InChI is InChI=1S/C13H19N3O3S.C8H14N2S.C4H7NO2.BrH/c1-8(2)11-14-9(7-20-11)6-16(3)13(18)15-10-4-5-19-12(10)17;1-6(2)8-10-7(4-9-3)5-11-8;5-3-1-2-7-4(3)6;/h7-8,10H,4-6H2,1-3H3,(H,15,18);5-6,9H,4H2,1-3H3;3H,1-2,5H2;1H/t10-;;3-;/m0.0./s1. The molecule has 0 saturated carbocycles. The summed E-state index contributed by atoms with van der Waals surface area (Å²) in [7, 11) is 3.62. The molecule has 39 heavy (non-hydrogen) atoms. The van der Waals surface area contributed by atoms with Crippen molar-refractivity contribution in [1.82, 2.24) is 25.5 Å². The number of halogens is 1. The van der Waals surface area contributed by atoms with Gasteiger partial charge in [0, 0.05) is 49.0 Å². The van der Waals surface area contributed by atoms with Gasteiger partial charge in [-0.1, -0.05) is 27.7 Å². The summed E-state index contributed by atoms with van der Waals surface area (Å²) in [6.45, 7) is 10.7. The van der Waals surface area contributed by atoms with Crippen molar-refractivity contribution in [3.8, 4) is 0 Å². The Hall–Kier alpha value is -2.13. The Bertz CT molecular complexity index is 1050. The number of aromatic nitrogens is 2. The van der Waals surface area contributed by atoms with Crippen LogP contribution in [-0.4, -0.2) is 72.2 Å². The van der Waals surface area contributed by atoms with Crippen molar-refractivity contribution in [2.24, 2.45) is 5.73 Å². The van der Waals surface area contributed by atoms with Crippen molar-refractivity contribution in [3.63, 3.8) is 0 Å². The third kappa shape index (κ3) is 11.9. The predicted molar refractivity (Wildman–Crippen MR) is 158 cm³/mol. The number of hydrogen-bond acceptors (Lipinski definition) is 11. The third-order valence-electron chi connectivity index (χ3n) is 5.44. The van der Waals surface area contributed by atoms with Gasteiger partial charge in [0.2, 0.25) is 0 Å². The SMILES string of the molecule is Br.CC(C)c1nc(CN(C)C(=O)N[C@H]2CCOC2=O)cs1.CNCc1csc(C(C)C)n1.N[C@H]1CCOC1=O. The van der Waals surface area contributed by atoms with E-state index in [1.807, 2.05) is 12.4 Å². The van der Waals surface area contributed by atoms with Crippen LogP contribution in [0.5, 0.6) is 0 Å². The number of rotatable bonds is 7. The fraction of sp³-hybridized carbons (Fsp3) is 0.640. The van der Waals surface area contributed by atoms with Gasteiger partial charge in [0.25, 0.3) is 0 Å². The van der Waals surface area contributed by atoms with E-state index in [1.165, 1.54) is 9.91 Å². The molecule has 11 nitrogen and oxygen atoms in total. The lowest BCUT2D eigenvalue weighted by Crippen LogP contribution is -2.44. The Labute approximate surface area is 249 Å². The van der Waals surface area contributed by atoms with Gasteiger partial charge in [-0.15, -0.1) is 39.7 Å². The summed E-state index contributed by atoms with van der Waals surface area (Å²) < 4.78 is 9.31. The Kier molecular flexibility index (Phi) is 15.7. The lowest BCUT2D eigenvalue weighted by Gasteiger charge is -2.18. The quantitative estimate of drug-likeness (QED) is 0.383. The molecule has 2 aromatic heterocycles. The molecular formula is C25H41BrN6O5S2. The van der Waals surface area contributed by atoms with Crippen LogP contribution < -0.4 is 16.4 Å². The lowest BCUT2D eigenvalue weighted by molar-refractivity contribution is -0.140. The zero-order valence-electron chi connectivity index (χ0n) is 23.4. The molecule has 4 rings (SSSR count). The van der Waals surface area contributed by atoms with Crippen molar-refractivity contribution in [1.29, 1.82) is 0 Å². The van der Waals surface area contributed by atoms with Crippen LogP contribution >= 0.6 is 39.7 Å². The maximum atomic E-state index is 12.0. The van der Waals surface area contributed by atoms with Crippen molar-refractivity contribution in [2.75, 3.05) is 27.3 Å². The summed E-state index contributed by atoms with van der Waals surface area (Å²) in [4.78, 5) is 44.0. The molecule has 2 aliphatic heterocycles. The molecule has 4 N–H and O–H groups in total. The van der Waals surface area contributed by atoms with Crippen LogP contribution in [0.25, 0.3) is 0 Å². The Morgan fingerprint density at radius 3 is 1.97 bits per heavy atom. The fourth-order valence-electron chi connectivity index (χ4n) is 3.22. The van der Waals surface area contributed by atoms with Crippen molar-refractivity contribution in [2.45, 2.75) is 77.5 Å². The molecule has 2 fully saturated rings. The molecule has 0 unspecified atom stereocenters. The molecule has 14 heteroatoms. The molecule has 2 aromatic rings. The number of nitrogens with one attached hydrogen (secondary N) is 2. The smallest absolute Gasteiger partial charge is 0.328 e. The number of cyclic esters (lactones) is 2. The summed E-state index contributed by atoms with van der Waals surface area (Å²) in [6.07, 6.45) is 1.21. The normalized spacial score (nSPS) is 17.9. The molecule has 0 aromatic carbocycles. The number of carbonyl (C=O) groups is 3. The van der Waals surface area contributed by atoms with Gasteiger partial charge in [-0.2, -0.15) is 0 Å². The number of esters is 2. The number of carbonyl (C=O) groups excluding carboxylic acids is 3. The average Bonchev–Trinajstić information content (AvgIpc) is 3.66. The second-order valence-corrected chi connectivity index (χ2v) is 11.4. The molecule has 0 spiro atoms. The topological polar surface area (TPSA) is 149 Å². The second kappa shape index (κ2) is 17.5. The van der Waals surface area contributed by atoms with Gasteiger partial charge in [-0.05, 0) is 7.05 Å². The first-order chi connectivity index (χ1) is 18.0. The summed E-state index contributed by atoms with van der Waals surface area (Å²) in [5.74, 6) is 0.328. The van der Waals surface area contributed by atoms with Gasteiger partial charge in [0.05, 0.1) is 41.2 Å². The van der Waals surface area contributed by atoms with Crippen LogP contribution in [-0.2, 0) is 32.2 Å². The highest BCUT2D eigenvalue weighted by Crippen LogP contribution is 2.20. The fourth-order valence-corrected chi connectivity index (χ4v) is 4.88. The zero-order valence-corrected chi connectivity index (χ0v) is 26.7. The van der Waals surface area contributed by atoms with Gasteiger partial charge in [0.1, 0.15) is 12.1 Å². The summed E-state index contributed by atoms with van der Waals surface area (Å²) >= 11 is 3.35. The predicted octanol–water partition coefficient (Wildman–Crippen LogP) is 3.55. The Morgan fingerprint density at radius 2 is 1.56 bits per heavy atom. The number of thiazole rings is 2. The van der Waals surface area contributed by atoms with Crippen molar-refractivity contribution < 1.29 is 23.9 Å². The van der Waals surface area contributed by atoms with E-state index in [-0.39, 0.29) is 41.0 Å². The van der Waals surface area contributed by atoms with E-state index in [0.29, 0.717) is 44.4 Å². The molecule has 4 heterocycles. The number of amides is 2.